The summed E-state index contributed by atoms with van der Waals surface area (Å²) in [6.07, 6.45) is 7.37. The molecule has 2 N–H and O–H groups in total. The van der Waals surface area contributed by atoms with Gasteiger partial charge in [-0.25, -0.2) is 0 Å². The molecule has 3 aliphatic carbocycles. The quantitative estimate of drug-likeness (QED) is 0.262. The number of hydrogen-bond acceptors (Lipinski definition) is 5. The summed E-state index contributed by atoms with van der Waals surface area (Å²) in [4.78, 5) is 13.1. The maximum atomic E-state index is 13.1. The minimum Gasteiger partial charge on any atom is -0.500 e. The van der Waals surface area contributed by atoms with Crippen LogP contribution < -0.4 is 0 Å². The molecule has 9 atom stereocenters. The van der Waals surface area contributed by atoms with E-state index in [2.05, 4.69) is 33.8 Å². The zero-order valence-corrected chi connectivity index (χ0v) is 21.5. The Hall–Kier alpha value is -0.880. The van der Waals surface area contributed by atoms with Crippen LogP contribution in [0.5, 0.6) is 0 Å². The summed E-state index contributed by atoms with van der Waals surface area (Å²) in [6.45, 7) is 10.9. The highest BCUT2D eigenvalue weighted by molar-refractivity contribution is 6.17. The molecule has 4 aliphatic rings. The van der Waals surface area contributed by atoms with Gasteiger partial charge in [-0.05, 0) is 70.1 Å². The highest BCUT2D eigenvalue weighted by Crippen LogP contribution is 2.64. The molecule has 4 fully saturated rings. The van der Waals surface area contributed by atoms with Gasteiger partial charge in [0.25, 0.3) is 0 Å². The van der Waals surface area contributed by atoms with Crippen LogP contribution in [0.2, 0.25) is 0 Å². The topological polar surface area (TPSA) is 76.0 Å². The number of ketones is 1. The number of hydrogen-bond donors (Lipinski definition) is 2. The average molecular weight is 481 g/mol. The lowest BCUT2D eigenvalue weighted by atomic mass is 9.60. The first-order valence-electron chi connectivity index (χ1n) is 12.6. The van der Waals surface area contributed by atoms with Crippen molar-refractivity contribution in [2.75, 3.05) is 12.5 Å². The van der Waals surface area contributed by atoms with Crippen LogP contribution >= 0.6 is 11.6 Å². The van der Waals surface area contributed by atoms with Gasteiger partial charge in [0.15, 0.2) is 0 Å². The number of rotatable bonds is 4. The highest BCUT2D eigenvalue weighted by atomic mass is 35.5. The normalized spacial score (nSPS) is 48.5. The van der Waals surface area contributed by atoms with E-state index in [4.69, 9.17) is 21.1 Å². The van der Waals surface area contributed by atoms with Crippen LogP contribution in [0, 0.1) is 29.1 Å². The van der Waals surface area contributed by atoms with Crippen molar-refractivity contribution in [2.24, 2.45) is 29.1 Å². The van der Waals surface area contributed by atoms with Gasteiger partial charge in [0.05, 0.1) is 41.5 Å². The minimum atomic E-state index is -1.10. The summed E-state index contributed by atoms with van der Waals surface area (Å²) in [6, 6.07) is 0. The maximum absolute atomic E-state index is 13.1. The summed E-state index contributed by atoms with van der Waals surface area (Å²) in [5.41, 5.74) is 0.349. The van der Waals surface area contributed by atoms with Gasteiger partial charge in [0, 0.05) is 17.9 Å². The molecule has 0 unspecified atom stereocenters. The number of aliphatic hydroxyl groups excluding tert-OH is 1. The first kappa shape index (κ1) is 25.2. The Kier molecular flexibility index (Phi) is 6.85. The molecule has 0 aromatic heterocycles. The molecule has 1 spiro atoms. The van der Waals surface area contributed by atoms with Gasteiger partial charge in [0.2, 0.25) is 0 Å². The standard InChI is InChI=1S/C27H41ClO5/c1-16(2)10-18-11-17(3)27(33-18)7-6-25(4)13-20-24(22(30)14-26(20,5)31)19(15-32-9-8-28)21(29)12-23(25)27/h10,15,17-18,20-21,23-24,29,31H,6-9,11-14H2,1-5H3/b19-15+/t17-,18-,20-,21+,23+,24+,25+,26+,27-/m0/s1. The van der Waals surface area contributed by atoms with Crippen LogP contribution in [-0.4, -0.2) is 51.9 Å². The van der Waals surface area contributed by atoms with E-state index in [1.165, 1.54) is 5.57 Å². The Labute approximate surface area is 203 Å². The molecule has 1 saturated heterocycles. The highest BCUT2D eigenvalue weighted by Gasteiger charge is 2.65. The van der Waals surface area contributed by atoms with Crippen molar-refractivity contribution in [1.82, 2.24) is 0 Å². The van der Waals surface area contributed by atoms with E-state index >= 15 is 0 Å². The van der Waals surface area contributed by atoms with Crippen molar-refractivity contribution in [1.29, 1.82) is 0 Å². The van der Waals surface area contributed by atoms with E-state index in [1.54, 1.807) is 13.2 Å². The lowest BCUT2D eigenvalue weighted by Crippen LogP contribution is -2.49. The first-order chi connectivity index (χ1) is 15.4. The molecule has 4 rings (SSSR count). The van der Waals surface area contributed by atoms with Crippen LogP contribution in [0.15, 0.2) is 23.5 Å². The van der Waals surface area contributed by atoms with Crippen LogP contribution in [0.1, 0.15) is 73.1 Å². The number of fused-ring (bicyclic) bond motifs is 3. The third-order valence-electron chi connectivity index (χ3n) is 9.21. The minimum absolute atomic E-state index is 0.00589. The molecular weight excluding hydrogens is 440 g/mol. The zero-order chi connectivity index (χ0) is 24.2. The summed E-state index contributed by atoms with van der Waals surface area (Å²) in [7, 11) is 0. The number of alkyl halides is 1. The van der Waals surface area contributed by atoms with E-state index in [-0.39, 0.29) is 41.2 Å². The van der Waals surface area contributed by atoms with Gasteiger partial charge in [-0.15, -0.1) is 11.6 Å². The fraction of sp³-hybridized carbons (Fsp3) is 0.815. The van der Waals surface area contributed by atoms with Gasteiger partial charge >= 0.3 is 0 Å². The number of allylic oxidation sites excluding steroid dienone is 1. The maximum Gasteiger partial charge on any atom is 0.143 e. The summed E-state index contributed by atoms with van der Waals surface area (Å²) < 4.78 is 12.5. The summed E-state index contributed by atoms with van der Waals surface area (Å²) in [5, 5.41) is 22.8. The molecule has 3 saturated carbocycles. The second kappa shape index (κ2) is 8.96. The van der Waals surface area contributed by atoms with E-state index in [1.807, 2.05) is 0 Å². The summed E-state index contributed by atoms with van der Waals surface area (Å²) in [5.74, 6) is 0.0698. The molecule has 186 valence electrons. The number of halogens is 1. The van der Waals surface area contributed by atoms with E-state index in [9.17, 15) is 15.0 Å². The number of Topliss-reactive ketones (excluding diaryl/α,β-unsaturated/α-hetero) is 1. The van der Waals surface area contributed by atoms with E-state index < -0.39 is 17.6 Å². The molecule has 1 heterocycles. The molecule has 0 aromatic carbocycles. The van der Waals surface area contributed by atoms with Crippen LogP contribution in [0.25, 0.3) is 0 Å². The third kappa shape index (κ3) is 4.32. The van der Waals surface area contributed by atoms with Crippen molar-refractivity contribution in [3.05, 3.63) is 23.5 Å². The molecule has 0 radical (unpaired) electrons. The Morgan fingerprint density at radius 3 is 2.67 bits per heavy atom. The predicted molar refractivity (Wildman–Crippen MR) is 129 cm³/mol. The van der Waals surface area contributed by atoms with Gasteiger partial charge in [-0.1, -0.05) is 25.5 Å². The Bertz CT molecular complexity index is 830. The lowest BCUT2D eigenvalue weighted by molar-refractivity contribution is -0.122. The molecule has 33 heavy (non-hydrogen) atoms. The van der Waals surface area contributed by atoms with Gasteiger partial charge < -0.3 is 19.7 Å². The molecule has 1 aliphatic heterocycles. The van der Waals surface area contributed by atoms with E-state index in [0.29, 0.717) is 30.4 Å². The smallest absolute Gasteiger partial charge is 0.143 e. The SMILES string of the molecule is CC(C)=C[C@H]1C[C@H](C)[C@]2(CC[C@]3(C)C[C@H]4[C@H](C(=O)C[C@@]4(C)O)/C(=C/OCCCl)[C@H](O)C[C@H]32)O1. The molecule has 0 aromatic rings. The van der Waals surface area contributed by atoms with Crippen LogP contribution in [-0.2, 0) is 14.3 Å². The average Bonchev–Trinajstić information content (AvgIpc) is 3.23. The molecular formula is C27H41ClO5. The Morgan fingerprint density at radius 1 is 1.27 bits per heavy atom. The van der Waals surface area contributed by atoms with E-state index in [0.717, 1.165) is 25.7 Å². The number of ether oxygens (including phenoxy) is 2. The van der Waals surface area contributed by atoms with Crippen molar-refractivity contribution >= 4 is 17.4 Å². The van der Waals surface area contributed by atoms with Gasteiger partial charge in [-0.3, -0.25) is 4.79 Å². The number of carbonyl (C=O) groups is 1. The molecule has 5 nitrogen and oxygen atoms in total. The first-order valence-corrected chi connectivity index (χ1v) is 13.1. The van der Waals surface area contributed by atoms with Crippen molar-refractivity contribution in [2.45, 2.75) is 96.6 Å². The second-order valence-corrected chi connectivity index (χ2v) is 12.3. The monoisotopic (exact) mass is 480 g/mol. The third-order valence-corrected chi connectivity index (χ3v) is 9.37. The molecule has 0 amide bonds. The van der Waals surface area contributed by atoms with Crippen LogP contribution in [0.4, 0.5) is 0 Å². The zero-order valence-electron chi connectivity index (χ0n) is 20.8. The largest absolute Gasteiger partial charge is 0.500 e. The Balaban J connectivity index is 1.74. The van der Waals surface area contributed by atoms with Gasteiger partial charge in [-0.2, -0.15) is 0 Å². The van der Waals surface area contributed by atoms with Crippen molar-refractivity contribution in [3.63, 3.8) is 0 Å². The fourth-order valence-corrected chi connectivity index (χ4v) is 7.79. The molecule has 0 bridgehead atoms. The molecule has 6 heteroatoms. The van der Waals surface area contributed by atoms with Crippen molar-refractivity contribution < 1.29 is 24.5 Å². The second-order valence-electron chi connectivity index (χ2n) is 11.9. The number of carbonyl (C=O) groups excluding carboxylic acids is 1. The Morgan fingerprint density at radius 2 is 2.00 bits per heavy atom. The van der Waals surface area contributed by atoms with Crippen molar-refractivity contribution in [3.8, 4) is 0 Å². The van der Waals surface area contributed by atoms with Crippen LogP contribution in [0.3, 0.4) is 0 Å². The fourth-order valence-electron chi connectivity index (χ4n) is 7.70. The van der Waals surface area contributed by atoms with Gasteiger partial charge in [0.1, 0.15) is 12.4 Å². The number of aliphatic hydroxyl groups is 2. The predicted octanol–water partition coefficient (Wildman–Crippen LogP) is 4.78. The summed E-state index contributed by atoms with van der Waals surface area (Å²) >= 11 is 5.79. The lowest BCUT2D eigenvalue weighted by Gasteiger charge is -2.47.